The number of ether oxygens (including phenoxy) is 1. The van der Waals surface area contributed by atoms with E-state index in [1.54, 1.807) is 36.4 Å². The molecular weight excluding hydrogens is 360 g/mol. The largest absolute Gasteiger partial charge is 0.465 e. The number of rotatable bonds is 7. The number of nitrogens with zero attached hydrogens (tertiary/aromatic N) is 1. The number of amides is 2. The van der Waals surface area contributed by atoms with Crippen LogP contribution in [0.2, 0.25) is 5.02 Å². The zero-order valence-corrected chi connectivity index (χ0v) is 14.7. The maximum Gasteiger partial charge on any atom is 0.331 e. The van der Waals surface area contributed by atoms with Crippen LogP contribution in [-0.4, -0.2) is 42.9 Å². The molecule has 0 saturated carbocycles. The van der Waals surface area contributed by atoms with E-state index in [0.29, 0.717) is 16.5 Å². The van der Waals surface area contributed by atoms with E-state index < -0.39 is 24.4 Å². The molecule has 0 aliphatic heterocycles. The van der Waals surface area contributed by atoms with Gasteiger partial charge in [-0.3, -0.25) is 9.59 Å². The van der Waals surface area contributed by atoms with E-state index >= 15 is 0 Å². The molecule has 26 heavy (non-hydrogen) atoms. The van der Waals surface area contributed by atoms with Gasteiger partial charge < -0.3 is 19.4 Å². The van der Waals surface area contributed by atoms with Gasteiger partial charge in [0.25, 0.3) is 5.91 Å². The third-order valence-corrected chi connectivity index (χ3v) is 3.55. The van der Waals surface area contributed by atoms with Gasteiger partial charge in [0.05, 0.1) is 23.5 Å². The van der Waals surface area contributed by atoms with Crippen molar-refractivity contribution in [3.05, 3.63) is 59.5 Å². The number of benzene rings is 1. The second-order valence-corrected chi connectivity index (χ2v) is 5.64. The fraction of sp³-hybridized carbons (Fsp3) is 0.167. The number of para-hydroxylation sites is 1. The van der Waals surface area contributed by atoms with Crippen molar-refractivity contribution in [1.82, 2.24) is 4.90 Å². The second kappa shape index (κ2) is 9.43. The molecule has 136 valence electrons. The lowest BCUT2D eigenvalue weighted by atomic mass is 10.3. The molecule has 8 heteroatoms. The monoisotopic (exact) mass is 376 g/mol. The molecule has 2 amide bonds. The summed E-state index contributed by atoms with van der Waals surface area (Å²) in [6.07, 6.45) is 4.04. The van der Waals surface area contributed by atoms with Gasteiger partial charge in [0.15, 0.2) is 6.61 Å². The van der Waals surface area contributed by atoms with Crippen molar-refractivity contribution in [2.45, 2.75) is 0 Å². The van der Waals surface area contributed by atoms with Crippen LogP contribution in [0, 0.1) is 0 Å². The lowest BCUT2D eigenvalue weighted by Gasteiger charge is -2.16. The first kappa shape index (κ1) is 19.3. The van der Waals surface area contributed by atoms with Crippen molar-refractivity contribution in [2.75, 3.05) is 25.5 Å². The molecular formula is C18H17ClN2O5. The predicted molar refractivity (Wildman–Crippen MR) is 96.4 cm³/mol. The number of halogens is 1. The molecule has 1 aromatic heterocycles. The number of nitrogens with one attached hydrogen (secondary N) is 1. The van der Waals surface area contributed by atoms with Gasteiger partial charge in [-0.15, -0.1) is 0 Å². The average molecular weight is 377 g/mol. The molecule has 0 aliphatic rings. The van der Waals surface area contributed by atoms with E-state index in [-0.39, 0.29) is 6.54 Å². The van der Waals surface area contributed by atoms with E-state index in [1.807, 2.05) is 0 Å². The average Bonchev–Trinajstić information content (AvgIpc) is 3.13. The minimum Gasteiger partial charge on any atom is -0.465 e. The zero-order valence-electron chi connectivity index (χ0n) is 14.0. The SMILES string of the molecule is CN(CC(=O)Nc1ccccc1Cl)C(=O)COC(=O)/C=C/c1ccco1. The molecule has 0 spiro atoms. The minimum atomic E-state index is -0.691. The summed E-state index contributed by atoms with van der Waals surface area (Å²) in [6, 6.07) is 10.1. The molecule has 0 radical (unpaired) electrons. The molecule has 0 bridgehead atoms. The van der Waals surface area contributed by atoms with Crippen molar-refractivity contribution in [3.63, 3.8) is 0 Å². The lowest BCUT2D eigenvalue weighted by Crippen LogP contribution is -2.37. The molecule has 1 N–H and O–H groups in total. The van der Waals surface area contributed by atoms with E-state index in [4.69, 9.17) is 20.8 Å². The molecule has 0 unspecified atom stereocenters. The zero-order chi connectivity index (χ0) is 18.9. The Labute approximate surface area is 155 Å². The first-order valence-electron chi connectivity index (χ1n) is 7.62. The Hall–Kier alpha value is -3.06. The molecule has 0 fully saturated rings. The number of carbonyl (C=O) groups is 3. The van der Waals surface area contributed by atoms with Gasteiger partial charge in [-0.25, -0.2) is 4.79 Å². The van der Waals surface area contributed by atoms with Gasteiger partial charge in [-0.1, -0.05) is 23.7 Å². The van der Waals surface area contributed by atoms with Crippen LogP contribution in [0.1, 0.15) is 5.76 Å². The molecule has 1 aromatic carbocycles. The van der Waals surface area contributed by atoms with Crippen LogP contribution < -0.4 is 5.32 Å². The summed E-state index contributed by atoms with van der Waals surface area (Å²) in [5, 5.41) is 3.00. The van der Waals surface area contributed by atoms with Crippen molar-refractivity contribution in [3.8, 4) is 0 Å². The number of hydrogen-bond acceptors (Lipinski definition) is 5. The maximum atomic E-state index is 12.0. The number of carbonyl (C=O) groups excluding carboxylic acids is 3. The van der Waals surface area contributed by atoms with Crippen molar-refractivity contribution in [2.24, 2.45) is 0 Å². The fourth-order valence-corrected chi connectivity index (χ4v) is 2.07. The number of furan rings is 1. The summed E-state index contributed by atoms with van der Waals surface area (Å²) in [5.41, 5.74) is 0.453. The first-order valence-corrected chi connectivity index (χ1v) is 8.00. The maximum absolute atomic E-state index is 12.0. The highest BCUT2D eigenvalue weighted by Gasteiger charge is 2.15. The molecule has 2 aromatic rings. The van der Waals surface area contributed by atoms with Crippen LogP contribution in [0.25, 0.3) is 6.08 Å². The Balaban J connectivity index is 1.75. The highest BCUT2D eigenvalue weighted by molar-refractivity contribution is 6.33. The van der Waals surface area contributed by atoms with E-state index in [9.17, 15) is 14.4 Å². The summed E-state index contributed by atoms with van der Waals surface area (Å²) >= 11 is 5.95. The number of esters is 1. The van der Waals surface area contributed by atoms with Gasteiger partial charge in [-0.05, 0) is 30.3 Å². The highest BCUT2D eigenvalue weighted by atomic mass is 35.5. The standard InChI is InChI=1S/C18H17ClN2O5/c1-21(11-16(22)20-15-7-3-2-6-14(15)19)17(23)12-26-18(24)9-8-13-5-4-10-25-13/h2-10H,11-12H2,1H3,(H,20,22)/b9-8+. The molecule has 7 nitrogen and oxygen atoms in total. The van der Waals surface area contributed by atoms with Crippen LogP contribution in [0.5, 0.6) is 0 Å². The van der Waals surface area contributed by atoms with Gasteiger partial charge in [0.1, 0.15) is 5.76 Å². The molecule has 0 atom stereocenters. The number of likely N-dealkylation sites (N-methyl/N-ethyl adjacent to an activating group) is 1. The normalized spacial score (nSPS) is 10.5. The minimum absolute atomic E-state index is 0.205. The van der Waals surface area contributed by atoms with Crippen molar-refractivity contribution < 1.29 is 23.5 Å². The number of hydrogen-bond donors (Lipinski definition) is 1. The Kier molecular flexibility index (Phi) is 6.99. The molecule has 0 aliphatic carbocycles. The summed E-state index contributed by atoms with van der Waals surface area (Å²) < 4.78 is 9.86. The molecule has 2 rings (SSSR count). The summed E-state index contributed by atoms with van der Waals surface area (Å²) in [6.45, 7) is -0.680. The van der Waals surface area contributed by atoms with Gasteiger partial charge in [-0.2, -0.15) is 0 Å². The summed E-state index contributed by atoms with van der Waals surface area (Å²) in [7, 11) is 1.43. The Bertz CT molecular complexity index is 802. The van der Waals surface area contributed by atoms with E-state index in [2.05, 4.69) is 5.32 Å². The topological polar surface area (TPSA) is 88.9 Å². The van der Waals surface area contributed by atoms with Crippen molar-refractivity contribution >= 4 is 41.1 Å². The fourth-order valence-electron chi connectivity index (χ4n) is 1.88. The molecule has 1 heterocycles. The van der Waals surface area contributed by atoms with Gasteiger partial charge in [0, 0.05) is 13.1 Å². The quantitative estimate of drug-likeness (QED) is 0.592. The Morgan fingerprint density at radius 2 is 2.00 bits per heavy atom. The Morgan fingerprint density at radius 3 is 2.69 bits per heavy atom. The summed E-state index contributed by atoms with van der Waals surface area (Å²) in [5.74, 6) is -1.14. The predicted octanol–water partition coefficient (Wildman–Crippen LogP) is 2.59. The third kappa shape index (κ3) is 6.10. The Morgan fingerprint density at radius 1 is 1.23 bits per heavy atom. The van der Waals surface area contributed by atoms with Crippen LogP contribution in [0.15, 0.2) is 53.2 Å². The van der Waals surface area contributed by atoms with Crippen molar-refractivity contribution in [1.29, 1.82) is 0 Å². The van der Waals surface area contributed by atoms with Crippen LogP contribution in [-0.2, 0) is 19.1 Å². The van der Waals surface area contributed by atoms with Crippen LogP contribution >= 0.6 is 11.6 Å². The third-order valence-electron chi connectivity index (χ3n) is 3.22. The van der Waals surface area contributed by atoms with E-state index in [1.165, 1.54) is 19.4 Å². The lowest BCUT2D eigenvalue weighted by molar-refractivity contribution is -0.148. The van der Waals surface area contributed by atoms with Gasteiger partial charge in [0.2, 0.25) is 5.91 Å². The number of anilines is 1. The van der Waals surface area contributed by atoms with Crippen LogP contribution in [0.3, 0.4) is 0 Å². The van der Waals surface area contributed by atoms with Crippen LogP contribution in [0.4, 0.5) is 5.69 Å². The second-order valence-electron chi connectivity index (χ2n) is 5.23. The summed E-state index contributed by atoms with van der Waals surface area (Å²) in [4.78, 5) is 36.6. The molecule has 0 saturated heterocycles. The highest BCUT2D eigenvalue weighted by Crippen LogP contribution is 2.20. The van der Waals surface area contributed by atoms with Gasteiger partial charge >= 0.3 is 5.97 Å². The van der Waals surface area contributed by atoms with E-state index in [0.717, 1.165) is 11.0 Å². The first-order chi connectivity index (χ1) is 12.5. The smallest absolute Gasteiger partial charge is 0.331 e.